The highest BCUT2D eigenvalue weighted by atomic mass is 16.5. The van der Waals surface area contributed by atoms with Crippen LogP contribution in [0.25, 0.3) is 0 Å². The molecule has 0 unspecified atom stereocenters. The molecule has 3 rings (SSSR count). The lowest BCUT2D eigenvalue weighted by atomic mass is 10.1. The van der Waals surface area contributed by atoms with Crippen molar-refractivity contribution in [3.8, 4) is 0 Å². The average molecular weight is 385 g/mol. The van der Waals surface area contributed by atoms with Crippen molar-refractivity contribution < 1.29 is 18.7 Å². The number of carbonyl (C=O) groups is 2. The fourth-order valence-electron chi connectivity index (χ4n) is 3.29. The van der Waals surface area contributed by atoms with Crippen molar-refractivity contribution in [1.82, 2.24) is 15.2 Å². The Bertz CT molecular complexity index is 769. The topological polar surface area (TPSA) is 84.7 Å². The van der Waals surface area contributed by atoms with E-state index in [2.05, 4.69) is 10.3 Å². The maximum atomic E-state index is 12.9. The predicted octanol–water partition coefficient (Wildman–Crippen LogP) is 2.35. The number of hydrogen-bond acceptors (Lipinski definition) is 5. The fourth-order valence-corrected chi connectivity index (χ4v) is 3.29. The number of nitrogens with zero attached hydrogens (tertiary/aromatic N) is 2. The van der Waals surface area contributed by atoms with E-state index < -0.39 is 0 Å². The minimum atomic E-state index is -0.122. The molecule has 0 saturated carbocycles. The van der Waals surface area contributed by atoms with Gasteiger partial charge in [0.05, 0.1) is 17.9 Å². The number of carbonyl (C=O) groups excluding carboxylic acids is 2. The highest BCUT2D eigenvalue weighted by Gasteiger charge is 2.25. The summed E-state index contributed by atoms with van der Waals surface area (Å²) in [6.45, 7) is 3.85. The van der Waals surface area contributed by atoms with Crippen LogP contribution in [0.4, 0.5) is 0 Å². The summed E-state index contributed by atoms with van der Waals surface area (Å²) in [5, 5.41) is 2.90. The largest absolute Gasteiger partial charge is 0.469 e. The van der Waals surface area contributed by atoms with Gasteiger partial charge in [0.25, 0.3) is 5.91 Å². The van der Waals surface area contributed by atoms with Crippen molar-refractivity contribution in [1.29, 1.82) is 0 Å². The van der Waals surface area contributed by atoms with Crippen LogP contribution >= 0.6 is 0 Å². The number of rotatable bonds is 9. The predicted molar refractivity (Wildman–Crippen MR) is 104 cm³/mol. The van der Waals surface area contributed by atoms with E-state index in [-0.39, 0.29) is 24.3 Å². The van der Waals surface area contributed by atoms with E-state index in [1.165, 1.54) is 6.26 Å². The maximum Gasteiger partial charge on any atom is 0.257 e. The van der Waals surface area contributed by atoms with E-state index in [4.69, 9.17) is 9.15 Å². The number of furan rings is 1. The summed E-state index contributed by atoms with van der Waals surface area (Å²) in [5.74, 6) is 0.384. The van der Waals surface area contributed by atoms with Gasteiger partial charge in [-0.1, -0.05) is 6.07 Å². The van der Waals surface area contributed by atoms with Crippen molar-refractivity contribution in [3.05, 3.63) is 53.7 Å². The zero-order valence-electron chi connectivity index (χ0n) is 16.2. The molecule has 0 aromatic carbocycles. The van der Waals surface area contributed by atoms with Crippen LogP contribution in [0.1, 0.15) is 41.1 Å². The van der Waals surface area contributed by atoms with Gasteiger partial charge in [-0.2, -0.15) is 0 Å². The number of aromatic nitrogens is 1. The Balaban J connectivity index is 1.51. The second kappa shape index (κ2) is 10.0. The molecule has 28 heavy (non-hydrogen) atoms. The lowest BCUT2D eigenvalue weighted by Gasteiger charge is -2.25. The minimum Gasteiger partial charge on any atom is -0.469 e. The van der Waals surface area contributed by atoms with Gasteiger partial charge >= 0.3 is 0 Å². The molecule has 0 bridgehead atoms. The van der Waals surface area contributed by atoms with Gasteiger partial charge in [0.15, 0.2) is 0 Å². The van der Waals surface area contributed by atoms with Gasteiger partial charge in [-0.25, -0.2) is 0 Å². The Morgan fingerprint density at radius 2 is 2.21 bits per heavy atom. The molecule has 0 spiro atoms. The first-order valence-corrected chi connectivity index (χ1v) is 9.75. The van der Waals surface area contributed by atoms with Crippen LogP contribution in [0.15, 0.2) is 41.1 Å². The molecule has 1 N–H and O–H groups in total. The molecule has 2 aromatic heterocycles. The molecule has 7 nitrogen and oxygen atoms in total. The molecule has 7 heteroatoms. The summed E-state index contributed by atoms with van der Waals surface area (Å²) in [6, 6.07) is 7.40. The van der Waals surface area contributed by atoms with E-state index in [1.807, 2.05) is 18.2 Å². The Morgan fingerprint density at radius 3 is 2.89 bits per heavy atom. The Morgan fingerprint density at radius 1 is 1.32 bits per heavy atom. The standard InChI is InChI=1S/C21H27N3O4/c1-16-19(9-14-27-16)21(26)24(15-18-6-4-13-28-18)12-8-20(25)23-11-7-17-5-2-3-10-22-17/h2-3,5,9-10,14,18H,4,6-8,11-13,15H2,1H3,(H,23,25)/t18-/m0/s1. The monoisotopic (exact) mass is 385 g/mol. The van der Waals surface area contributed by atoms with Crippen LogP contribution in [0, 0.1) is 6.92 Å². The first kappa shape index (κ1) is 20.1. The van der Waals surface area contributed by atoms with Crippen LogP contribution in [-0.4, -0.2) is 54.0 Å². The molecular formula is C21H27N3O4. The second-order valence-corrected chi connectivity index (χ2v) is 6.95. The maximum absolute atomic E-state index is 12.9. The zero-order valence-corrected chi connectivity index (χ0v) is 16.2. The van der Waals surface area contributed by atoms with Gasteiger partial charge in [-0.05, 0) is 38.0 Å². The molecule has 0 aliphatic carbocycles. The third-order valence-corrected chi connectivity index (χ3v) is 4.86. The smallest absolute Gasteiger partial charge is 0.257 e. The molecule has 3 heterocycles. The van der Waals surface area contributed by atoms with Crippen LogP contribution in [0.3, 0.4) is 0 Å². The van der Waals surface area contributed by atoms with E-state index >= 15 is 0 Å². The van der Waals surface area contributed by atoms with Crippen molar-refractivity contribution in [2.75, 3.05) is 26.2 Å². The van der Waals surface area contributed by atoms with Crippen LogP contribution < -0.4 is 5.32 Å². The second-order valence-electron chi connectivity index (χ2n) is 6.95. The zero-order chi connectivity index (χ0) is 19.8. The van der Waals surface area contributed by atoms with Gasteiger partial charge in [0.2, 0.25) is 5.91 Å². The van der Waals surface area contributed by atoms with Crippen LogP contribution in [0.5, 0.6) is 0 Å². The number of amides is 2. The molecule has 1 aliphatic heterocycles. The molecule has 2 aromatic rings. The Hall–Kier alpha value is -2.67. The number of pyridine rings is 1. The van der Waals surface area contributed by atoms with Gasteiger partial charge in [-0.15, -0.1) is 0 Å². The van der Waals surface area contributed by atoms with E-state index in [0.717, 1.165) is 25.1 Å². The molecular weight excluding hydrogens is 358 g/mol. The van der Waals surface area contributed by atoms with Crippen molar-refractivity contribution in [2.45, 2.75) is 38.7 Å². The van der Waals surface area contributed by atoms with Gasteiger partial charge in [-0.3, -0.25) is 14.6 Å². The third kappa shape index (κ3) is 5.66. The minimum absolute atomic E-state index is 0.0309. The Kier molecular flexibility index (Phi) is 7.19. The lowest BCUT2D eigenvalue weighted by molar-refractivity contribution is -0.121. The summed E-state index contributed by atoms with van der Waals surface area (Å²) in [6.07, 6.45) is 6.15. The first-order valence-electron chi connectivity index (χ1n) is 9.75. The number of ether oxygens (including phenoxy) is 1. The van der Waals surface area contributed by atoms with Gasteiger partial charge in [0.1, 0.15) is 5.76 Å². The summed E-state index contributed by atoms with van der Waals surface area (Å²) >= 11 is 0. The molecule has 1 fully saturated rings. The highest BCUT2D eigenvalue weighted by molar-refractivity contribution is 5.95. The summed E-state index contributed by atoms with van der Waals surface area (Å²) < 4.78 is 10.9. The molecule has 1 saturated heterocycles. The van der Waals surface area contributed by atoms with Crippen molar-refractivity contribution in [2.24, 2.45) is 0 Å². The first-order chi connectivity index (χ1) is 13.6. The number of aryl methyl sites for hydroxylation is 1. The summed E-state index contributed by atoms with van der Waals surface area (Å²) in [7, 11) is 0. The Labute approximate surface area is 165 Å². The SMILES string of the molecule is Cc1occc1C(=O)N(CCC(=O)NCCc1ccccn1)C[C@@H]1CCCO1. The number of hydrogen-bond donors (Lipinski definition) is 1. The molecule has 1 aliphatic rings. The normalized spacial score (nSPS) is 16.1. The summed E-state index contributed by atoms with van der Waals surface area (Å²) in [5.41, 5.74) is 1.47. The quantitative estimate of drug-likeness (QED) is 0.716. The molecule has 2 amide bonds. The van der Waals surface area contributed by atoms with Crippen molar-refractivity contribution >= 4 is 11.8 Å². The van der Waals surface area contributed by atoms with Crippen molar-refractivity contribution in [3.63, 3.8) is 0 Å². The van der Waals surface area contributed by atoms with E-state index in [0.29, 0.717) is 37.4 Å². The third-order valence-electron chi connectivity index (χ3n) is 4.86. The van der Waals surface area contributed by atoms with E-state index in [1.54, 1.807) is 24.1 Å². The van der Waals surface area contributed by atoms with Crippen LogP contribution in [0.2, 0.25) is 0 Å². The summed E-state index contributed by atoms with van der Waals surface area (Å²) in [4.78, 5) is 31.1. The fraction of sp³-hybridized carbons (Fsp3) is 0.476. The average Bonchev–Trinajstić information content (AvgIpc) is 3.37. The van der Waals surface area contributed by atoms with E-state index in [9.17, 15) is 9.59 Å². The lowest BCUT2D eigenvalue weighted by Crippen LogP contribution is -2.40. The van der Waals surface area contributed by atoms with Gasteiger partial charge < -0.3 is 19.4 Å². The van der Waals surface area contributed by atoms with Gasteiger partial charge in [0, 0.05) is 51.0 Å². The highest BCUT2D eigenvalue weighted by Crippen LogP contribution is 2.17. The number of nitrogens with one attached hydrogen (secondary N) is 1. The molecule has 0 radical (unpaired) electrons. The molecule has 1 atom stereocenters. The molecule has 150 valence electrons. The van der Waals surface area contributed by atoms with Crippen LogP contribution in [-0.2, 0) is 16.0 Å².